The number of sulfonamides is 1. The Morgan fingerprint density at radius 3 is 2.33 bits per heavy atom. The minimum absolute atomic E-state index is 0. The van der Waals surface area contributed by atoms with Gasteiger partial charge >= 0.3 is 0 Å². The average molecular weight is 546 g/mol. The number of halogens is 1. The number of aliphatic imine (C=N–C) groups is 1. The number of methoxy groups -OCH3 is 1. The highest BCUT2D eigenvalue weighted by atomic mass is 127. The van der Waals surface area contributed by atoms with Gasteiger partial charge in [-0.3, -0.25) is 4.99 Å². The van der Waals surface area contributed by atoms with Crippen LogP contribution in [0, 0.1) is 20.8 Å². The molecule has 0 atom stereocenters. The van der Waals surface area contributed by atoms with E-state index in [2.05, 4.69) is 20.3 Å². The van der Waals surface area contributed by atoms with E-state index in [1.54, 1.807) is 27.1 Å². The first-order valence-corrected chi connectivity index (χ1v) is 10.9. The van der Waals surface area contributed by atoms with Crippen LogP contribution in [0.3, 0.4) is 0 Å². The Balaban J connectivity index is 0.00000450. The molecule has 7 nitrogen and oxygen atoms in total. The summed E-state index contributed by atoms with van der Waals surface area (Å²) in [6.45, 7) is 6.85. The minimum Gasteiger partial charge on any atom is -0.496 e. The van der Waals surface area contributed by atoms with E-state index >= 15 is 0 Å². The normalized spacial score (nSPS) is 11.6. The summed E-state index contributed by atoms with van der Waals surface area (Å²) in [6.07, 6.45) is 0. The summed E-state index contributed by atoms with van der Waals surface area (Å²) in [5.41, 5.74) is 3.77. The first kappa shape index (κ1) is 26.2. The van der Waals surface area contributed by atoms with E-state index in [0.717, 1.165) is 28.0 Å². The first-order chi connectivity index (χ1) is 13.8. The van der Waals surface area contributed by atoms with Crippen molar-refractivity contribution in [3.05, 3.63) is 58.7 Å². The lowest BCUT2D eigenvalue weighted by atomic mass is 10.1. The standard InChI is InChI=1S/C21H30N4O3S.HI/c1-15-7-9-18(19(12-15)28-5)14-24-21(22-4)23-10-11-25-29(26,27)20-13-16(2)6-8-17(20)3;/h6-9,12-13,25H,10-11,14H2,1-5H3,(H2,22,23,24);1H. The van der Waals surface area contributed by atoms with Gasteiger partial charge in [0.25, 0.3) is 0 Å². The fourth-order valence-electron chi connectivity index (χ4n) is 2.84. The summed E-state index contributed by atoms with van der Waals surface area (Å²) in [5, 5.41) is 6.32. The molecule has 2 aromatic rings. The molecule has 0 fully saturated rings. The number of hydrogen-bond acceptors (Lipinski definition) is 4. The zero-order chi connectivity index (χ0) is 21.4. The third-order valence-corrected chi connectivity index (χ3v) is 6.06. The number of nitrogens with zero attached hydrogens (tertiary/aromatic N) is 1. The molecule has 0 amide bonds. The van der Waals surface area contributed by atoms with E-state index < -0.39 is 10.0 Å². The topological polar surface area (TPSA) is 91.8 Å². The van der Waals surface area contributed by atoms with Crippen molar-refractivity contribution in [2.75, 3.05) is 27.2 Å². The maximum absolute atomic E-state index is 12.5. The smallest absolute Gasteiger partial charge is 0.240 e. The van der Waals surface area contributed by atoms with Crippen LogP contribution in [0.5, 0.6) is 5.75 Å². The molecule has 3 N–H and O–H groups in total. The van der Waals surface area contributed by atoms with Crippen molar-refractivity contribution in [1.82, 2.24) is 15.4 Å². The number of ether oxygens (including phenoxy) is 1. The molecule has 30 heavy (non-hydrogen) atoms. The molecule has 0 aliphatic heterocycles. The van der Waals surface area contributed by atoms with Crippen LogP contribution in [-0.4, -0.2) is 41.6 Å². The average Bonchev–Trinajstić information content (AvgIpc) is 2.69. The lowest BCUT2D eigenvalue weighted by molar-refractivity contribution is 0.408. The molecule has 0 radical (unpaired) electrons. The molecular weight excluding hydrogens is 515 g/mol. The van der Waals surface area contributed by atoms with Gasteiger partial charge in [-0.15, -0.1) is 24.0 Å². The van der Waals surface area contributed by atoms with Gasteiger partial charge in [-0.2, -0.15) is 0 Å². The minimum atomic E-state index is -3.55. The van der Waals surface area contributed by atoms with Crippen LogP contribution in [0.4, 0.5) is 0 Å². The number of benzene rings is 2. The van der Waals surface area contributed by atoms with Gasteiger partial charge in [-0.1, -0.05) is 24.3 Å². The molecule has 0 aromatic heterocycles. The first-order valence-electron chi connectivity index (χ1n) is 9.42. The van der Waals surface area contributed by atoms with Crippen LogP contribution in [0.2, 0.25) is 0 Å². The van der Waals surface area contributed by atoms with Crippen molar-refractivity contribution >= 4 is 40.0 Å². The Morgan fingerprint density at radius 1 is 1.00 bits per heavy atom. The Morgan fingerprint density at radius 2 is 1.67 bits per heavy atom. The van der Waals surface area contributed by atoms with Crippen molar-refractivity contribution in [2.24, 2.45) is 4.99 Å². The Hall–Kier alpha value is -1.85. The van der Waals surface area contributed by atoms with Gasteiger partial charge in [0, 0.05) is 32.2 Å². The largest absolute Gasteiger partial charge is 0.496 e. The number of hydrogen-bond donors (Lipinski definition) is 3. The number of guanidine groups is 1. The predicted octanol–water partition coefficient (Wildman–Crippen LogP) is 2.88. The highest BCUT2D eigenvalue weighted by molar-refractivity contribution is 14.0. The van der Waals surface area contributed by atoms with Gasteiger partial charge < -0.3 is 15.4 Å². The zero-order valence-electron chi connectivity index (χ0n) is 18.1. The summed E-state index contributed by atoms with van der Waals surface area (Å²) >= 11 is 0. The summed E-state index contributed by atoms with van der Waals surface area (Å²) in [4.78, 5) is 4.48. The summed E-state index contributed by atoms with van der Waals surface area (Å²) in [6, 6.07) is 11.4. The molecule has 0 bridgehead atoms. The van der Waals surface area contributed by atoms with Crippen molar-refractivity contribution in [2.45, 2.75) is 32.2 Å². The quantitative estimate of drug-likeness (QED) is 0.205. The number of rotatable bonds is 8. The molecule has 9 heteroatoms. The summed E-state index contributed by atoms with van der Waals surface area (Å²) in [5.74, 6) is 1.40. The van der Waals surface area contributed by atoms with Crippen molar-refractivity contribution in [3.63, 3.8) is 0 Å². The molecule has 2 aromatic carbocycles. The second-order valence-electron chi connectivity index (χ2n) is 6.83. The van der Waals surface area contributed by atoms with E-state index in [9.17, 15) is 8.42 Å². The van der Waals surface area contributed by atoms with Crippen molar-refractivity contribution in [1.29, 1.82) is 0 Å². The summed E-state index contributed by atoms with van der Waals surface area (Å²) < 4.78 is 33.1. The van der Waals surface area contributed by atoms with Crippen LogP contribution < -0.4 is 20.1 Å². The molecular formula is C21H31IN4O3S. The third-order valence-electron chi connectivity index (χ3n) is 4.46. The van der Waals surface area contributed by atoms with Gasteiger partial charge in [0.2, 0.25) is 10.0 Å². The maximum atomic E-state index is 12.5. The van der Waals surface area contributed by atoms with E-state index in [4.69, 9.17) is 4.74 Å². The zero-order valence-corrected chi connectivity index (χ0v) is 21.2. The maximum Gasteiger partial charge on any atom is 0.240 e. The molecule has 166 valence electrons. The van der Waals surface area contributed by atoms with E-state index in [1.807, 2.05) is 44.2 Å². The Kier molecular flexibility index (Phi) is 10.6. The highest BCUT2D eigenvalue weighted by Crippen LogP contribution is 2.19. The lowest BCUT2D eigenvalue weighted by Crippen LogP contribution is -2.41. The monoisotopic (exact) mass is 546 g/mol. The third kappa shape index (κ3) is 7.44. The van der Waals surface area contributed by atoms with Crippen LogP contribution in [-0.2, 0) is 16.6 Å². The Labute approximate surface area is 196 Å². The predicted molar refractivity (Wildman–Crippen MR) is 132 cm³/mol. The van der Waals surface area contributed by atoms with Gasteiger partial charge in [0.15, 0.2) is 5.96 Å². The molecule has 0 spiro atoms. The van der Waals surface area contributed by atoms with Crippen LogP contribution in [0.1, 0.15) is 22.3 Å². The molecule has 2 rings (SSSR count). The lowest BCUT2D eigenvalue weighted by Gasteiger charge is -2.15. The van der Waals surface area contributed by atoms with E-state index in [1.165, 1.54) is 0 Å². The van der Waals surface area contributed by atoms with Crippen molar-refractivity contribution in [3.8, 4) is 5.75 Å². The SMILES string of the molecule is CN=C(NCCNS(=O)(=O)c1cc(C)ccc1C)NCc1ccc(C)cc1OC.I. The molecule has 0 saturated carbocycles. The highest BCUT2D eigenvalue weighted by Gasteiger charge is 2.16. The van der Waals surface area contributed by atoms with E-state index in [0.29, 0.717) is 23.9 Å². The molecule has 0 heterocycles. The van der Waals surface area contributed by atoms with Gasteiger partial charge in [-0.25, -0.2) is 13.1 Å². The molecule has 0 saturated heterocycles. The van der Waals surface area contributed by atoms with Crippen molar-refractivity contribution < 1.29 is 13.2 Å². The van der Waals surface area contributed by atoms with Gasteiger partial charge in [-0.05, 0) is 49.6 Å². The van der Waals surface area contributed by atoms with Gasteiger partial charge in [0.05, 0.1) is 12.0 Å². The summed E-state index contributed by atoms with van der Waals surface area (Å²) in [7, 11) is -0.238. The fourth-order valence-corrected chi connectivity index (χ4v) is 4.20. The Bertz CT molecular complexity index is 978. The van der Waals surface area contributed by atoms with Crippen LogP contribution in [0.15, 0.2) is 46.3 Å². The number of aryl methyl sites for hydroxylation is 3. The van der Waals surface area contributed by atoms with Crippen LogP contribution >= 0.6 is 24.0 Å². The molecule has 0 aliphatic carbocycles. The van der Waals surface area contributed by atoms with Crippen LogP contribution in [0.25, 0.3) is 0 Å². The fraction of sp³-hybridized carbons (Fsp3) is 0.381. The number of nitrogens with one attached hydrogen (secondary N) is 3. The molecule has 0 aliphatic rings. The van der Waals surface area contributed by atoms with Gasteiger partial charge in [0.1, 0.15) is 5.75 Å². The second-order valence-corrected chi connectivity index (χ2v) is 8.57. The van der Waals surface area contributed by atoms with E-state index in [-0.39, 0.29) is 30.5 Å². The second kappa shape index (κ2) is 12.1. The molecule has 0 unspecified atom stereocenters.